The average Bonchev–Trinajstić information content (AvgIpc) is 2.40. The van der Waals surface area contributed by atoms with Crippen molar-refractivity contribution in [2.75, 3.05) is 0 Å². The Balaban J connectivity index is 3.61. The van der Waals surface area contributed by atoms with E-state index in [-0.39, 0.29) is 0 Å². The molecule has 0 radical (unpaired) electrons. The van der Waals surface area contributed by atoms with Gasteiger partial charge in [-0.25, -0.2) is 0 Å². The Morgan fingerprint density at radius 2 is 0.577 bits per heavy atom. The molecule has 0 aromatic heterocycles. The summed E-state index contributed by atoms with van der Waals surface area (Å²) < 4.78 is 151. The van der Waals surface area contributed by atoms with Crippen LogP contribution in [-0.2, 0) is 11.2 Å². The summed E-state index contributed by atoms with van der Waals surface area (Å²) in [6.07, 6.45) is -25.6. The Morgan fingerprint density at radius 1 is 0.423 bits per heavy atom. The fraction of sp³-hybridized carbons (Fsp3) is 0.500. The molecule has 2 nitrogen and oxygen atoms in total. The number of hydrogen-bond donors (Lipinski definition) is 2. The summed E-state index contributed by atoms with van der Waals surface area (Å²) >= 11 is 0. The third kappa shape index (κ3) is 3.19. The van der Waals surface area contributed by atoms with Crippen LogP contribution in [0.2, 0.25) is 0 Å². The Hall–Kier alpha value is -1.70. The second-order valence-electron chi connectivity index (χ2n) is 4.99. The second kappa shape index (κ2) is 5.90. The highest BCUT2D eigenvalue weighted by Gasteiger charge is 2.73. The van der Waals surface area contributed by atoms with Crippen molar-refractivity contribution in [3.63, 3.8) is 0 Å². The van der Waals surface area contributed by atoms with Gasteiger partial charge in [-0.2, -0.15) is 52.7 Å². The Labute approximate surface area is 135 Å². The minimum absolute atomic E-state index is 0.446. The molecule has 0 atom stereocenters. The van der Waals surface area contributed by atoms with Crippen molar-refractivity contribution < 1.29 is 62.9 Å². The number of alkyl halides is 12. The highest BCUT2D eigenvalue weighted by atomic mass is 19.4. The van der Waals surface area contributed by atoms with Crippen LogP contribution in [-0.4, -0.2) is 34.9 Å². The van der Waals surface area contributed by atoms with E-state index >= 15 is 0 Å². The third-order valence-corrected chi connectivity index (χ3v) is 3.36. The predicted molar refractivity (Wildman–Crippen MR) is 58.5 cm³/mol. The molecular formula is C12H6F12O2. The molecule has 1 rings (SSSR count). The minimum Gasteiger partial charge on any atom is -0.369 e. The van der Waals surface area contributed by atoms with Gasteiger partial charge in [0.25, 0.3) is 11.2 Å². The van der Waals surface area contributed by atoms with E-state index in [1.54, 1.807) is 0 Å². The van der Waals surface area contributed by atoms with Crippen LogP contribution in [0.25, 0.3) is 0 Å². The van der Waals surface area contributed by atoms with Crippen molar-refractivity contribution in [3.05, 3.63) is 35.4 Å². The van der Waals surface area contributed by atoms with E-state index in [4.69, 9.17) is 10.2 Å². The van der Waals surface area contributed by atoms with Crippen LogP contribution in [0.15, 0.2) is 24.3 Å². The number of benzene rings is 1. The van der Waals surface area contributed by atoms with Crippen molar-refractivity contribution >= 4 is 0 Å². The fourth-order valence-electron chi connectivity index (χ4n) is 1.93. The topological polar surface area (TPSA) is 40.5 Å². The van der Waals surface area contributed by atoms with Crippen LogP contribution in [0.4, 0.5) is 52.7 Å². The van der Waals surface area contributed by atoms with Crippen LogP contribution in [0.1, 0.15) is 11.1 Å². The fourth-order valence-corrected chi connectivity index (χ4v) is 1.93. The third-order valence-electron chi connectivity index (χ3n) is 3.36. The summed E-state index contributed by atoms with van der Waals surface area (Å²) in [4.78, 5) is 0. The van der Waals surface area contributed by atoms with E-state index < -0.39 is 71.3 Å². The first kappa shape index (κ1) is 22.3. The molecule has 0 saturated carbocycles. The molecule has 0 spiro atoms. The van der Waals surface area contributed by atoms with Crippen LogP contribution in [0.5, 0.6) is 0 Å². The Bertz CT molecular complexity index is 550. The molecule has 0 unspecified atom stereocenters. The first-order valence-electron chi connectivity index (χ1n) is 6.04. The molecule has 2 N–H and O–H groups in total. The highest BCUT2D eigenvalue weighted by Crippen LogP contribution is 2.52. The standard InChI is InChI=1S/C12H6F12O2/c13-9(14,15)7(25,10(16,17)18)5-1-2-6(4-3-5)8(26,11(19,20)21)12(22,23)24/h1-4,25-26H. The first-order valence-corrected chi connectivity index (χ1v) is 6.04. The molecule has 0 heterocycles. The van der Waals surface area contributed by atoms with Crippen molar-refractivity contribution in [2.45, 2.75) is 35.9 Å². The maximum Gasteiger partial charge on any atom is 0.430 e. The van der Waals surface area contributed by atoms with Crippen LogP contribution < -0.4 is 0 Å². The van der Waals surface area contributed by atoms with Gasteiger partial charge >= 0.3 is 24.7 Å². The quantitative estimate of drug-likeness (QED) is 0.714. The van der Waals surface area contributed by atoms with Crippen molar-refractivity contribution in [1.29, 1.82) is 0 Å². The lowest BCUT2D eigenvalue weighted by Crippen LogP contribution is -2.55. The zero-order chi connectivity index (χ0) is 21.0. The predicted octanol–water partition coefficient (Wildman–Crippen LogP) is 4.31. The van der Waals surface area contributed by atoms with Gasteiger partial charge in [-0.1, -0.05) is 24.3 Å². The van der Waals surface area contributed by atoms with E-state index in [0.29, 0.717) is 0 Å². The van der Waals surface area contributed by atoms with Gasteiger partial charge in [0.15, 0.2) is 0 Å². The van der Waals surface area contributed by atoms with E-state index in [2.05, 4.69) is 0 Å². The summed E-state index contributed by atoms with van der Waals surface area (Å²) in [6.45, 7) is 0. The van der Waals surface area contributed by atoms with E-state index in [1.165, 1.54) is 0 Å². The maximum absolute atomic E-state index is 12.6. The summed E-state index contributed by atoms with van der Waals surface area (Å²) in [6, 6.07) is -1.78. The van der Waals surface area contributed by atoms with E-state index in [9.17, 15) is 52.7 Å². The van der Waals surface area contributed by atoms with Crippen molar-refractivity contribution in [1.82, 2.24) is 0 Å². The lowest BCUT2D eigenvalue weighted by Gasteiger charge is -2.34. The summed E-state index contributed by atoms with van der Waals surface area (Å²) in [7, 11) is 0. The number of aliphatic hydroxyl groups is 2. The molecule has 150 valence electrons. The molecule has 1 aromatic carbocycles. The number of hydrogen-bond acceptors (Lipinski definition) is 2. The summed E-state index contributed by atoms with van der Waals surface area (Å²) in [5, 5.41) is 18.0. The average molecular weight is 410 g/mol. The molecule has 0 aliphatic heterocycles. The van der Waals surface area contributed by atoms with Gasteiger partial charge in [0.05, 0.1) is 0 Å². The van der Waals surface area contributed by atoms with E-state index in [0.717, 1.165) is 0 Å². The Kier molecular flexibility index (Phi) is 5.07. The number of halogens is 12. The lowest BCUT2D eigenvalue weighted by molar-refractivity contribution is -0.378. The second-order valence-corrected chi connectivity index (χ2v) is 4.99. The zero-order valence-corrected chi connectivity index (χ0v) is 11.7. The molecule has 0 aliphatic rings. The smallest absolute Gasteiger partial charge is 0.369 e. The molecular weight excluding hydrogens is 404 g/mol. The van der Waals surface area contributed by atoms with Gasteiger partial charge in [-0.15, -0.1) is 0 Å². The molecule has 0 amide bonds. The summed E-state index contributed by atoms with van der Waals surface area (Å²) in [5.74, 6) is 0. The maximum atomic E-state index is 12.6. The van der Waals surface area contributed by atoms with Crippen molar-refractivity contribution in [2.24, 2.45) is 0 Å². The molecule has 1 aromatic rings. The molecule has 0 fully saturated rings. The Morgan fingerprint density at radius 3 is 0.692 bits per heavy atom. The van der Waals surface area contributed by atoms with Gasteiger partial charge in [0, 0.05) is 11.1 Å². The largest absolute Gasteiger partial charge is 0.430 e. The minimum atomic E-state index is -6.39. The zero-order valence-electron chi connectivity index (χ0n) is 11.7. The van der Waals surface area contributed by atoms with E-state index in [1.807, 2.05) is 0 Å². The summed E-state index contributed by atoms with van der Waals surface area (Å²) in [5.41, 5.74) is -15.3. The van der Waals surface area contributed by atoms with Gasteiger partial charge < -0.3 is 10.2 Å². The molecule has 0 saturated heterocycles. The normalized spacial score (nSPS) is 15.3. The van der Waals surface area contributed by atoms with Gasteiger partial charge in [0.2, 0.25) is 0 Å². The molecule has 0 bridgehead atoms. The molecule has 14 heteroatoms. The SMILES string of the molecule is OC(c1ccc(C(O)(C(F)(F)F)C(F)(F)F)cc1)(C(F)(F)F)C(F)(F)F. The first-order chi connectivity index (χ1) is 11.2. The van der Waals surface area contributed by atoms with Crippen LogP contribution in [0.3, 0.4) is 0 Å². The van der Waals surface area contributed by atoms with Gasteiger partial charge in [0.1, 0.15) is 0 Å². The molecule has 26 heavy (non-hydrogen) atoms. The van der Waals surface area contributed by atoms with Crippen LogP contribution in [0, 0.1) is 0 Å². The van der Waals surface area contributed by atoms with Crippen molar-refractivity contribution in [3.8, 4) is 0 Å². The van der Waals surface area contributed by atoms with Gasteiger partial charge in [-0.3, -0.25) is 0 Å². The monoisotopic (exact) mass is 410 g/mol. The highest BCUT2D eigenvalue weighted by molar-refractivity contribution is 5.34. The number of rotatable bonds is 2. The van der Waals surface area contributed by atoms with Crippen LogP contribution >= 0.6 is 0 Å². The molecule has 0 aliphatic carbocycles. The lowest BCUT2D eigenvalue weighted by atomic mass is 9.87. The van der Waals surface area contributed by atoms with Gasteiger partial charge in [-0.05, 0) is 0 Å².